The van der Waals surface area contributed by atoms with E-state index in [0.717, 1.165) is 50.0 Å². The maximum atomic E-state index is 12.9. The van der Waals surface area contributed by atoms with Crippen LogP contribution in [0.5, 0.6) is 0 Å². The molecule has 5 rings (SSSR count). The van der Waals surface area contributed by atoms with Crippen LogP contribution in [0.15, 0.2) is 35.7 Å². The summed E-state index contributed by atoms with van der Waals surface area (Å²) in [7, 11) is 0. The van der Waals surface area contributed by atoms with Gasteiger partial charge in [0, 0.05) is 62.5 Å². The van der Waals surface area contributed by atoms with E-state index in [1.807, 2.05) is 34.1 Å². The lowest BCUT2D eigenvalue weighted by atomic mass is 10.1. The number of carbonyl (C=O) groups excluding carboxylic acids is 2. The third-order valence-electron chi connectivity index (χ3n) is 6.13. The van der Waals surface area contributed by atoms with Gasteiger partial charge in [-0.2, -0.15) is 5.10 Å². The zero-order valence-electron chi connectivity index (χ0n) is 16.8. The number of amides is 2. The Kier molecular flexibility index (Phi) is 5.26. The van der Waals surface area contributed by atoms with Crippen LogP contribution in [0, 0.1) is 0 Å². The Hall–Kier alpha value is -2.71. The van der Waals surface area contributed by atoms with Gasteiger partial charge in [-0.1, -0.05) is 18.2 Å². The first-order valence-corrected chi connectivity index (χ1v) is 11.3. The molecular formula is C22H25N5O2S. The molecule has 156 valence electrons. The molecule has 0 radical (unpaired) electrons. The molecule has 1 saturated heterocycles. The molecule has 0 unspecified atom stereocenters. The fourth-order valence-corrected chi connectivity index (χ4v) is 5.21. The van der Waals surface area contributed by atoms with Gasteiger partial charge >= 0.3 is 0 Å². The molecule has 8 heteroatoms. The number of benzene rings is 1. The van der Waals surface area contributed by atoms with Gasteiger partial charge in [0.05, 0.1) is 5.52 Å². The molecule has 3 aromatic rings. The lowest BCUT2D eigenvalue weighted by Crippen LogP contribution is -2.49. The van der Waals surface area contributed by atoms with E-state index in [0.29, 0.717) is 25.2 Å². The molecule has 0 aliphatic carbocycles. The highest BCUT2D eigenvalue weighted by Crippen LogP contribution is 2.24. The molecule has 1 aromatic carbocycles. The maximum Gasteiger partial charge on any atom is 0.275 e. The van der Waals surface area contributed by atoms with E-state index in [1.54, 1.807) is 11.3 Å². The summed E-state index contributed by atoms with van der Waals surface area (Å²) < 4.78 is 0. The normalized spacial score (nSPS) is 17.3. The van der Waals surface area contributed by atoms with Crippen molar-refractivity contribution in [3.63, 3.8) is 0 Å². The molecule has 2 amide bonds. The van der Waals surface area contributed by atoms with Crippen LogP contribution in [-0.4, -0.2) is 76.0 Å². The number of para-hydroxylation sites is 1. The van der Waals surface area contributed by atoms with Crippen molar-refractivity contribution in [2.24, 2.45) is 0 Å². The van der Waals surface area contributed by atoms with Gasteiger partial charge < -0.3 is 9.80 Å². The minimum atomic E-state index is -0.0249. The summed E-state index contributed by atoms with van der Waals surface area (Å²) in [5.41, 5.74) is 2.68. The van der Waals surface area contributed by atoms with E-state index >= 15 is 0 Å². The van der Waals surface area contributed by atoms with Gasteiger partial charge in [-0.25, -0.2) is 0 Å². The molecule has 30 heavy (non-hydrogen) atoms. The van der Waals surface area contributed by atoms with Crippen LogP contribution in [-0.2, 0) is 17.8 Å². The number of rotatable bonds is 4. The fourth-order valence-electron chi connectivity index (χ4n) is 4.32. The second-order valence-corrected chi connectivity index (χ2v) is 8.94. The molecule has 7 nitrogen and oxygen atoms in total. The number of piperazine rings is 1. The van der Waals surface area contributed by atoms with Gasteiger partial charge in [-0.15, -0.1) is 11.3 Å². The highest BCUT2D eigenvalue weighted by molar-refractivity contribution is 7.10. The first kappa shape index (κ1) is 19.3. The van der Waals surface area contributed by atoms with E-state index in [-0.39, 0.29) is 11.8 Å². The van der Waals surface area contributed by atoms with Crippen LogP contribution < -0.4 is 0 Å². The summed E-state index contributed by atoms with van der Waals surface area (Å²) in [4.78, 5) is 33.1. The topological polar surface area (TPSA) is 72.5 Å². The minimum absolute atomic E-state index is 0.0249. The third-order valence-corrected chi connectivity index (χ3v) is 7.16. The van der Waals surface area contributed by atoms with Crippen LogP contribution >= 0.6 is 11.3 Å². The van der Waals surface area contributed by atoms with Gasteiger partial charge in [0.25, 0.3) is 5.91 Å². The molecule has 0 bridgehead atoms. The molecular weight excluding hydrogens is 398 g/mol. The van der Waals surface area contributed by atoms with E-state index in [1.165, 1.54) is 10.4 Å². The van der Waals surface area contributed by atoms with E-state index in [4.69, 9.17) is 0 Å². The summed E-state index contributed by atoms with van der Waals surface area (Å²) in [6, 6.07) is 9.84. The Bertz CT molecular complexity index is 1070. The standard InChI is InChI=1S/C22H25N5O2S/c28-20(27-9-5-19-16(15-27)7-14-30-19)6-8-25-10-12-26(13-11-25)22(29)21-17-3-1-2-4-18(17)23-24-21/h1-4,7,14H,5-6,8-13,15H2,(H,23,24). The maximum absolute atomic E-state index is 12.9. The van der Waals surface area contributed by atoms with Gasteiger partial charge in [-0.05, 0) is 29.5 Å². The van der Waals surface area contributed by atoms with E-state index < -0.39 is 0 Å². The van der Waals surface area contributed by atoms with Crippen LogP contribution in [0.3, 0.4) is 0 Å². The number of nitrogens with zero attached hydrogens (tertiary/aromatic N) is 4. The number of thiophene rings is 1. The number of aromatic nitrogens is 2. The Labute approximate surface area is 179 Å². The molecule has 4 heterocycles. The Balaban J connectivity index is 1.11. The highest BCUT2D eigenvalue weighted by atomic mass is 32.1. The van der Waals surface area contributed by atoms with Gasteiger partial charge in [0.1, 0.15) is 0 Å². The van der Waals surface area contributed by atoms with Crippen LogP contribution in [0.2, 0.25) is 0 Å². The molecule has 1 fully saturated rings. The zero-order valence-corrected chi connectivity index (χ0v) is 17.7. The Morgan fingerprint density at radius 1 is 1.03 bits per heavy atom. The van der Waals surface area contributed by atoms with Crippen molar-refractivity contribution in [3.8, 4) is 0 Å². The van der Waals surface area contributed by atoms with Gasteiger partial charge in [-0.3, -0.25) is 19.6 Å². The highest BCUT2D eigenvalue weighted by Gasteiger charge is 2.26. The van der Waals surface area contributed by atoms with Crippen molar-refractivity contribution in [1.29, 1.82) is 0 Å². The summed E-state index contributed by atoms with van der Waals surface area (Å²) in [5, 5.41) is 10.2. The molecule has 2 aromatic heterocycles. The van der Waals surface area contributed by atoms with Crippen LogP contribution in [0.4, 0.5) is 0 Å². The molecule has 0 spiro atoms. The van der Waals surface area contributed by atoms with Gasteiger partial charge in [0.2, 0.25) is 5.91 Å². The van der Waals surface area contributed by atoms with Crippen molar-refractivity contribution in [2.45, 2.75) is 19.4 Å². The smallest absolute Gasteiger partial charge is 0.275 e. The Morgan fingerprint density at radius 3 is 2.73 bits per heavy atom. The lowest BCUT2D eigenvalue weighted by molar-refractivity contribution is -0.132. The minimum Gasteiger partial charge on any atom is -0.338 e. The lowest BCUT2D eigenvalue weighted by Gasteiger charge is -2.35. The van der Waals surface area contributed by atoms with Crippen molar-refractivity contribution < 1.29 is 9.59 Å². The predicted molar refractivity (Wildman–Crippen MR) is 116 cm³/mol. The van der Waals surface area contributed by atoms with Gasteiger partial charge in [0.15, 0.2) is 5.69 Å². The van der Waals surface area contributed by atoms with Crippen molar-refractivity contribution >= 4 is 34.1 Å². The first-order valence-electron chi connectivity index (χ1n) is 10.5. The number of hydrogen-bond acceptors (Lipinski definition) is 5. The number of H-pyrrole nitrogens is 1. The quantitative estimate of drug-likeness (QED) is 0.699. The summed E-state index contributed by atoms with van der Waals surface area (Å²) in [5.74, 6) is 0.205. The van der Waals surface area contributed by atoms with Crippen LogP contribution in [0.1, 0.15) is 27.3 Å². The molecule has 0 saturated carbocycles. The number of nitrogens with one attached hydrogen (secondary N) is 1. The van der Waals surface area contributed by atoms with Crippen molar-refractivity contribution in [3.05, 3.63) is 51.8 Å². The first-order chi connectivity index (χ1) is 14.7. The second kappa shape index (κ2) is 8.20. The van der Waals surface area contributed by atoms with Crippen LogP contribution in [0.25, 0.3) is 10.9 Å². The Morgan fingerprint density at radius 2 is 1.87 bits per heavy atom. The largest absolute Gasteiger partial charge is 0.338 e. The van der Waals surface area contributed by atoms with Crippen molar-refractivity contribution in [1.82, 2.24) is 24.9 Å². The fraction of sp³-hybridized carbons (Fsp3) is 0.409. The number of carbonyl (C=O) groups is 2. The number of fused-ring (bicyclic) bond motifs is 2. The molecule has 2 aliphatic heterocycles. The van der Waals surface area contributed by atoms with E-state index in [9.17, 15) is 9.59 Å². The van der Waals surface area contributed by atoms with E-state index in [2.05, 4.69) is 26.5 Å². The SMILES string of the molecule is O=C(CCN1CCN(C(=O)c2n[nH]c3ccccc23)CC1)N1CCc2sccc2C1. The summed E-state index contributed by atoms with van der Waals surface area (Å²) >= 11 is 1.79. The average Bonchev–Trinajstić information content (AvgIpc) is 3.43. The predicted octanol–water partition coefficient (Wildman–Crippen LogP) is 2.36. The molecule has 0 atom stereocenters. The third kappa shape index (κ3) is 3.73. The monoisotopic (exact) mass is 423 g/mol. The molecule has 1 N–H and O–H groups in total. The summed E-state index contributed by atoms with van der Waals surface area (Å²) in [6.07, 6.45) is 1.51. The zero-order chi connectivity index (χ0) is 20.5. The summed E-state index contributed by atoms with van der Waals surface area (Å²) in [6.45, 7) is 5.22. The average molecular weight is 424 g/mol. The molecule has 2 aliphatic rings. The van der Waals surface area contributed by atoms with Crippen molar-refractivity contribution in [2.75, 3.05) is 39.3 Å². The number of hydrogen-bond donors (Lipinski definition) is 1. The second-order valence-electron chi connectivity index (χ2n) is 7.94. The number of aromatic amines is 1.